The normalized spacial score (nSPS) is 19.0. The lowest BCUT2D eigenvalue weighted by Crippen LogP contribution is -2.45. The Hall–Kier alpha value is -3.78. The maximum atomic E-state index is 14.8. The molecular formula is C27H29F3N4O6S. The number of pyridine rings is 1. The van der Waals surface area contributed by atoms with Crippen molar-refractivity contribution in [3.8, 4) is 11.6 Å². The van der Waals surface area contributed by atoms with Crippen LogP contribution in [0.2, 0.25) is 0 Å². The molecule has 0 radical (unpaired) electrons. The molecule has 41 heavy (non-hydrogen) atoms. The fourth-order valence-electron chi connectivity index (χ4n) is 4.06. The number of ether oxygens (including phenoxy) is 2. The Balaban J connectivity index is 1.88. The standard InChI is InChI=1S/C27H29F3N4O6S/c1-17-15-19(31-24(35)40-25(2,3)4)20-21-33-34-23(39-21)26(27(28,29)30,38-16-18-11-7-5-8-12-18)13-9-6-10-14-41(36,37)22(17)32-20/h5-9,11-12,15H,10,13-14,16H2,1-4H3,(H,31,35). The van der Waals surface area contributed by atoms with E-state index in [4.69, 9.17) is 13.9 Å². The van der Waals surface area contributed by atoms with Crippen LogP contribution in [0.15, 0.2) is 58.0 Å². The van der Waals surface area contributed by atoms with Gasteiger partial charge in [0.05, 0.1) is 18.0 Å². The molecule has 220 valence electrons. The van der Waals surface area contributed by atoms with Crippen molar-refractivity contribution in [3.05, 3.63) is 65.6 Å². The van der Waals surface area contributed by atoms with E-state index in [1.54, 1.807) is 51.1 Å². The molecule has 2 aromatic heterocycles. The van der Waals surface area contributed by atoms with Gasteiger partial charge in [-0.25, -0.2) is 18.2 Å². The van der Waals surface area contributed by atoms with Gasteiger partial charge in [0.1, 0.15) is 5.60 Å². The molecule has 1 N–H and O–H groups in total. The summed E-state index contributed by atoms with van der Waals surface area (Å²) in [7, 11) is -4.00. The third-order valence-electron chi connectivity index (χ3n) is 5.98. The van der Waals surface area contributed by atoms with Crippen molar-refractivity contribution in [2.75, 3.05) is 11.1 Å². The van der Waals surface area contributed by atoms with Gasteiger partial charge in [0.2, 0.25) is 5.60 Å². The molecule has 1 aromatic carbocycles. The van der Waals surface area contributed by atoms with Gasteiger partial charge in [-0.3, -0.25) is 5.32 Å². The molecule has 10 nitrogen and oxygen atoms in total. The van der Waals surface area contributed by atoms with Crippen molar-refractivity contribution < 1.29 is 40.3 Å². The first-order valence-electron chi connectivity index (χ1n) is 12.6. The van der Waals surface area contributed by atoms with Crippen molar-refractivity contribution in [2.24, 2.45) is 0 Å². The van der Waals surface area contributed by atoms with Crippen LogP contribution in [0.1, 0.15) is 50.6 Å². The van der Waals surface area contributed by atoms with E-state index in [-0.39, 0.29) is 28.4 Å². The summed E-state index contributed by atoms with van der Waals surface area (Å²) >= 11 is 0. The number of hydrogen-bond donors (Lipinski definition) is 1. The number of nitrogens with one attached hydrogen (secondary N) is 1. The highest BCUT2D eigenvalue weighted by Crippen LogP contribution is 2.46. The Bertz CT molecular complexity index is 1550. The number of carbonyl (C=O) groups is 1. The average molecular weight is 595 g/mol. The summed E-state index contributed by atoms with van der Waals surface area (Å²) in [6, 6.07) is 9.56. The zero-order valence-electron chi connectivity index (χ0n) is 22.8. The molecule has 0 fully saturated rings. The van der Waals surface area contributed by atoms with Gasteiger partial charge in [-0.05, 0) is 51.3 Å². The monoisotopic (exact) mass is 594 g/mol. The number of allylic oxidation sites excluding steroid dienone is 1. The molecule has 1 atom stereocenters. The highest BCUT2D eigenvalue weighted by molar-refractivity contribution is 7.91. The Kier molecular flexibility index (Phi) is 8.28. The minimum absolute atomic E-state index is 0.0857. The third-order valence-corrected chi connectivity index (χ3v) is 7.76. The Morgan fingerprint density at radius 2 is 1.83 bits per heavy atom. The predicted molar refractivity (Wildman–Crippen MR) is 142 cm³/mol. The fourth-order valence-corrected chi connectivity index (χ4v) is 5.48. The van der Waals surface area contributed by atoms with Gasteiger partial charge in [-0.1, -0.05) is 42.5 Å². The van der Waals surface area contributed by atoms with Gasteiger partial charge in [0, 0.05) is 6.42 Å². The van der Waals surface area contributed by atoms with Crippen LogP contribution >= 0.6 is 0 Å². The Labute approximate surface area is 234 Å². The Morgan fingerprint density at radius 1 is 1.12 bits per heavy atom. The SMILES string of the molecule is Cc1cc(NC(=O)OC(C)(C)C)c2nc1S(=O)(=O)CCC=CCC(OCc1ccccc1)(C(F)(F)F)c1nnc-2o1. The van der Waals surface area contributed by atoms with Crippen LogP contribution in [0, 0.1) is 6.92 Å². The first-order valence-corrected chi connectivity index (χ1v) is 14.2. The second kappa shape index (κ2) is 11.2. The summed E-state index contributed by atoms with van der Waals surface area (Å²) in [5.74, 6) is -1.88. The zero-order valence-corrected chi connectivity index (χ0v) is 23.6. The topological polar surface area (TPSA) is 134 Å². The lowest BCUT2D eigenvalue weighted by molar-refractivity contribution is -0.295. The number of carbonyl (C=O) groups excluding carboxylic acids is 1. The number of aryl methyl sites for hydroxylation is 1. The summed E-state index contributed by atoms with van der Waals surface area (Å²) in [6.45, 7) is 5.96. The second-order valence-corrected chi connectivity index (χ2v) is 12.5. The predicted octanol–water partition coefficient (Wildman–Crippen LogP) is 5.89. The molecule has 0 saturated heterocycles. The van der Waals surface area contributed by atoms with E-state index in [0.717, 1.165) is 0 Å². The highest BCUT2D eigenvalue weighted by Gasteiger charge is 2.61. The van der Waals surface area contributed by atoms with Crippen molar-refractivity contribution in [1.82, 2.24) is 15.2 Å². The van der Waals surface area contributed by atoms with Crippen LogP contribution in [0.3, 0.4) is 0 Å². The molecule has 0 saturated carbocycles. The number of benzene rings is 1. The number of nitrogens with zero attached hydrogens (tertiary/aromatic N) is 3. The van der Waals surface area contributed by atoms with E-state index in [1.165, 1.54) is 25.1 Å². The van der Waals surface area contributed by atoms with Gasteiger partial charge in [0.15, 0.2) is 20.6 Å². The fraction of sp³-hybridized carbons (Fsp3) is 0.407. The minimum atomic E-state index is -5.02. The number of hydrogen-bond acceptors (Lipinski definition) is 9. The maximum Gasteiger partial charge on any atom is 0.426 e. The largest absolute Gasteiger partial charge is 0.444 e. The summed E-state index contributed by atoms with van der Waals surface area (Å²) in [5.41, 5.74) is -3.72. The molecule has 1 aliphatic heterocycles. The average Bonchev–Trinajstić information content (AvgIpc) is 3.34. The molecule has 0 spiro atoms. The number of fused-ring (bicyclic) bond motifs is 5. The molecule has 14 heteroatoms. The molecule has 4 bridgehead atoms. The molecule has 1 aliphatic rings. The van der Waals surface area contributed by atoms with Gasteiger partial charge >= 0.3 is 12.3 Å². The van der Waals surface area contributed by atoms with E-state index in [0.29, 0.717) is 5.56 Å². The van der Waals surface area contributed by atoms with Gasteiger partial charge in [0.25, 0.3) is 11.8 Å². The lowest BCUT2D eigenvalue weighted by atomic mass is 9.97. The van der Waals surface area contributed by atoms with E-state index < -0.39 is 63.9 Å². The van der Waals surface area contributed by atoms with Crippen LogP contribution in [0.4, 0.5) is 23.7 Å². The van der Waals surface area contributed by atoms with E-state index in [2.05, 4.69) is 20.5 Å². The number of anilines is 1. The number of aromatic nitrogens is 3. The third kappa shape index (κ3) is 6.76. The first kappa shape index (κ1) is 30.2. The summed E-state index contributed by atoms with van der Waals surface area (Å²) in [6.07, 6.45) is -4.27. The number of sulfone groups is 1. The van der Waals surface area contributed by atoms with Crippen molar-refractivity contribution in [1.29, 1.82) is 0 Å². The maximum absolute atomic E-state index is 14.8. The quantitative estimate of drug-likeness (QED) is 0.367. The molecule has 3 aromatic rings. The van der Waals surface area contributed by atoms with Crippen molar-refractivity contribution in [2.45, 2.75) is 69.5 Å². The van der Waals surface area contributed by atoms with Crippen LogP contribution in [0.25, 0.3) is 11.6 Å². The summed E-state index contributed by atoms with van der Waals surface area (Å²) in [4.78, 5) is 16.7. The van der Waals surface area contributed by atoms with Crippen molar-refractivity contribution >= 4 is 21.6 Å². The molecule has 4 rings (SSSR count). The van der Waals surface area contributed by atoms with Crippen molar-refractivity contribution in [3.63, 3.8) is 0 Å². The molecule has 3 heterocycles. The Morgan fingerprint density at radius 3 is 2.49 bits per heavy atom. The number of rotatable bonds is 4. The molecule has 1 unspecified atom stereocenters. The number of halogens is 3. The smallest absolute Gasteiger partial charge is 0.426 e. The van der Waals surface area contributed by atoms with Gasteiger partial charge in [-0.2, -0.15) is 13.2 Å². The second-order valence-electron chi connectivity index (χ2n) is 10.4. The zero-order chi connectivity index (χ0) is 30.1. The van der Waals surface area contributed by atoms with E-state index >= 15 is 0 Å². The minimum Gasteiger partial charge on any atom is -0.444 e. The molecule has 0 aliphatic carbocycles. The highest BCUT2D eigenvalue weighted by atomic mass is 32.2. The molecular weight excluding hydrogens is 565 g/mol. The van der Waals surface area contributed by atoms with Gasteiger partial charge < -0.3 is 13.9 Å². The first-order chi connectivity index (χ1) is 19.1. The van der Waals surface area contributed by atoms with Crippen LogP contribution in [-0.4, -0.2) is 47.2 Å². The number of alkyl halides is 3. The summed E-state index contributed by atoms with van der Waals surface area (Å²) < 4.78 is 87.0. The lowest BCUT2D eigenvalue weighted by Gasteiger charge is -2.31. The van der Waals surface area contributed by atoms with E-state index in [9.17, 15) is 26.4 Å². The summed E-state index contributed by atoms with van der Waals surface area (Å²) in [5, 5.41) is 9.57. The number of amides is 1. The van der Waals surface area contributed by atoms with Crippen LogP contribution < -0.4 is 5.32 Å². The van der Waals surface area contributed by atoms with E-state index in [1.807, 2.05) is 0 Å². The van der Waals surface area contributed by atoms with Crippen LogP contribution in [-0.2, 0) is 31.5 Å². The molecule has 1 amide bonds. The van der Waals surface area contributed by atoms with Gasteiger partial charge in [-0.15, -0.1) is 10.2 Å². The van der Waals surface area contributed by atoms with Crippen LogP contribution in [0.5, 0.6) is 0 Å².